The molecule has 196 valence electrons. The van der Waals surface area contributed by atoms with Crippen LogP contribution in [-0.4, -0.2) is 15.9 Å². The molecule has 0 bridgehead atoms. The van der Waals surface area contributed by atoms with Gasteiger partial charge in [0.15, 0.2) is 5.82 Å². The van der Waals surface area contributed by atoms with Crippen LogP contribution < -0.4 is 20.5 Å². The predicted molar refractivity (Wildman–Crippen MR) is 135 cm³/mol. The maximum atomic E-state index is 15.1. The number of para-hydroxylation sites is 1. The van der Waals surface area contributed by atoms with Crippen molar-refractivity contribution >= 4 is 33.9 Å². The zero-order valence-electron chi connectivity index (χ0n) is 20.7. The van der Waals surface area contributed by atoms with Crippen LogP contribution in [0.1, 0.15) is 31.9 Å². The van der Waals surface area contributed by atoms with Crippen molar-refractivity contribution in [2.24, 2.45) is 5.41 Å². The zero-order valence-corrected chi connectivity index (χ0v) is 20.7. The summed E-state index contributed by atoms with van der Waals surface area (Å²) in [5.41, 5.74) is 3.95. The normalized spacial score (nSPS) is 12.8. The van der Waals surface area contributed by atoms with Gasteiger partial charge >= 0.3 is 6.18 Å². The van der Waals surface area contributed by atoms with Crippen molar-refractivity contribution in [2.45, 2.75) is 33.5 Å². The van der Waals surface area contributed by atoms with Gasteiger partial charge in [0, 0.05) is 17.5 Å². The monoisotopic (exact) mass is 525 g/mol. The number of hydrazine groups is 1. The van der Waals surface area contributed by atoms with E-state index >= 15 is 4.39 Å². The van der Waals surface area contributed by atoms with E-state index < -0.39 is 23.0 Å². The van der Waals surface area contributed by atoms with Gasteiger partial charge in [0.05, 0.1) is 22.3 Å². The summed E-state index contributed by atoms with van der Waals surface area (Å²) in [6, 6.07) is 13.0. The number of carbonyl (C=O) groups excluding carboxylic acids is 1. The van der Waals surface area contributed by atoms with Crippen LogP contribution >= 0.6 is 0 Å². The molecular formula is C27H23F4N5O2. The number of hydrogen-bond donors (Lipinski definition) is 2. The molecule has 38 heavy (non-hydrogen) atoms. The van der Waals surface area contributed by atoms with Crippen molar-refractivity contribution in [2.75, 3.05) is 10.4 Å². The van der Waals surface area contributed by atoms with Gasteiger partial charge < -0.3 is 10.1 Å². The third-order valence-corrected chi connectivity index (χ3v) is 5.95. The lowest BCUT2D eigenvalue weighted by molar-refractivity contribution is -0.137. The number of hydrogen-bond acceptors (Lipinski definition) is 6. The average Bonchev–Trinajstić information content (AvgIpc) is 3.56. The SMILES string of the molecule is CC(C)(C)C(=O)NCc1ccc2c(c1F)N2Nc1cccc2c(Oc3cccc(C(F)(F)F)c3)ncnc12. The fourth-order valence-corrected chi connectivity index (χ4v) is 3.84. The lowest BCUT2D eigenvalue weighted by Crippen LogP contribution is -2.34. The van der Waals surface area contributed by atoms with E-state index in [1.165, 1.54) is 18.5 Å². The Morgan fingerprint density at radius 1 is 1.03 bits per heavy atom. The van der Waals surface area contributed by atoms with E-state index in [0.717, 1.165) is 12.1 Å². The Morgan fingerprint density at radius 3 is 2.53 bits per heavy atom. The summed E-state index contributed by atoms with van der Waals surface area (Å²) in [6.07, 6.45) is -3.27. The van der Waals surface area contributed by atoms with Gasteiger partial charge in [-0.05, 0) is 36.4 Å². The molecule has 1 aliphatic rings. The zero-order chi connectivity index (χ0) is 27.2. The van der Waals surface area contributed by atoms with E-state index in [0.29, 0.717) is 33.5 Å². The number of nitrogens with one attached hydrogen (secondary N) is 2. The number of halogens is 4. The summed E-state index contributed by atoms with van der Waals surface area (Å²) in [6.45, 7) is 5.39. The number of anilines is 3. The summed E-state index contributed by atoms with van der Waals surface area (Å²) in [4.78, 5) is 20.5. The molecule has 0 radical (unpaired) electrons. The topological polar surface area (TPSA) is 79.2 Å². The van der Waals surface area contributed by atoms with Crippen LogP contribution in [0.5, 0.6) is 11.6 Å². The number of ether oxygens (including phenoxy) is 1. The van der Waals surface area contributed by atoms with Gasteiger partial charge in [-0.15, -0.1) is 0 Å². The van der Waals surface area contributed by atoms with Crippen LogP contribution in [-0.2, 0) is 17.5 Å². The fourth-order valence-electron chi connectivity index (χ4n) is 3.84. The summed E-state index contributed by atoms with van der Waals surface area (Å²) >= 11 is 0. The molecule has 11 heteroatoms. The molecule has 2 N–H and O–H groups in total. The summed E-state index contributed by atoms with van der Waals surface area (Å²) in [5.74, 6) is -0.586. The number of carbonyl (C=O) groups is 1. The highest BCUT2D eigenvalue weighted by Gasteiger charge is 2.36. The van der Waals surface area contributed by atoms with Crippen molar-refractivity contribution in [1.29, 1.82) is 0 Å². The average molecular weight is 526 g/mol. The number of benzene rings is 3. The molecule has 7 nitrogen and oxygen atoms in total. The van der Waals surface area contributed by atoms with Gasteiger partial charge in [-0.2, -0.15) is 13.2 Å². The molecule has 1 aliphatic heterocycles. The summed E-state index contributed by atoms with van der Waals surface area (Å²) in [5, 5.41) is 4.75. The number of alkyl halides is 3. The quantitative estimate of drug-likeness (QED) is 0.215. The molecule has 0 unspecified atom stereocenters. The molecule has 2 heterocycles. The van der Waals surface area contributed by atoms with Crippen molar-refractivity contribution in [1.82, 2.24) is 15.3 Å². The molecule has 0 saturated carbocycles. The summed E-state index contributed by atoms with van der Waals surface area (Å²) in [7, 11) is 0. The van der Waals surface area contributed by atoms with Crippen molar-refractivity contribution < 1.29 is 27.1 Å². The van der Waals surface area contributed by atoms with E-state index in [1.807, 2.05) is 0 Å². The second kappa shape index (κ2) is 9.16. The van der Waals surface area contributed by atoms with E-state index in [-0.39, 0.29) is 24.1 Å². The maximum absolute atomic E-state index is 15.1. The highest BCUT2D eigenvalue weighted by molar-refractivity contribution is 6.00. The van der Waals surface area contributed by atoms with Crippen molar-refractivity contribution in [3.8, 4) is 11.6 Å². The Morgan fingerprint density at radius 2 is 1.79 bits per heavy atom. The van der Waals surface area contributed by atoms with E-state index in [1.54, 1.807) is 56.1 Å². The number of fused-ring (bicyclic) bond motifs is 2. The predicted octanol–water partition coefficient (Wildman–Crippen LogP) is 6.72. The Bertz CT molecular complexity index is 1550. The molecule has 0 spiro atoms. The van der Waals surface area contributed by atoms with E-state index in [2.05, 4.69) is 20.7 Å². The van der Waals surface area contributed by atoms with Gasteiger partial charge in [0.2, 0.25) is 11.8 Å². The molecule has 0 fully saturated rings. The third kappa shape index (κ3) is 4.91. The van der Waals surface area contributed by atoms with E-state index in [9.17, 15) is 18.0 Å². The maximum Gasteiger partial charge on any atom is 0.416 e. The molecule has 1 amide bonds. The van der Waals surface area contributed by atoms with Crippen molar-refractivity contribution in [3.63, 3.8) is 0 Å². The van der Waals surface area contributed by atoms with Crippen LogP contribution in [0, 0.1) is 11.2 Å². The number of rotatable bonds is 6. The minimum atomic E-state index is -4.51. The Balaban J connectivity index is 1.36. The summed E-state index contributed by atoms with van der Waals surface area (Å²) < 4.78 is 60.1. The molecule has 3 aromatic carbocycles. The lowest BCUT2D eigenvalue weighted by Gasteiger charge is -2.17. The largest absolute Gasteiger partial charge is 0.438 e. The third-order valence-electron chi connectivity index (χ3n) is 5.95. The number of amides is 1. The first-order chi connectivity index (χ1) is 17.9. The molecule has 0 aliphatic carbocycles. The van der Waals surface area contributed by atoms with Gasteiger partial charge in [-0.1, -0.05) is 39.0 Å². The smallest absolute Gasteiger partial charge is 0.416 e. The molecule has 1 aromatic heterocycles. The van der Waals surface area contributed by atoms with Crippen molar-refractivity contribution in [3.05, 3.63) is 77.9 Å². The second-order valence-corrected chi connectivity index (χ2v) is 9.79. The number of aromatic nitrogens is 2. The van der Waals surface area contributed by atoms with Crippen LogP contribution in [0.15, 0.2) is 60.9 Å². The Hall–Kier alpha value is -4.41. The van der Waals surface area contributed by atoms with Gasteiger partial charge in [0.1, 0.15) is 23.3 Å². The fraction of sp³-hybridized carbons (Fsp3) is 0.222. The standard InChI is InChI=1S/C27H23F4N5O2/c1-26(2,3)25(37)32-13-15-10-11-20-23(21(15)28)36(20)35-19-9-5-8-18-22(19)33-14-34-24(18)38-17-7-4-6-16(12-17)27(29,30)31/h4-12,14,35H,13H2,1-3H3,(H,32,37). The van der Waals surface area contributed by atoms with Gasteiger partial charge in [-0.3, -0.25) is 10.2 Å². The lowest BCUT2D eigenvalue weighted by atomic mass is 9.95. The van der Waals surface area contributed by atoms with Crippen LogP contribution in [0.25, 0.3) is 10.9 Å². The van der Waals surface area contributed by atoms with Crippen LogP contribution in [0.3, 0.4) is 0 Å². The highest BCUT2D eigenvalue weighted by Crippen LogP contribution is 2.50. The second-order valence-electron chi connectivity index (χ2n) is 9.79. The van der Waals surface area contributed by atoms with Crippen LogP contribution in [0.2, 0.25) is 0 Å². The molecule has 0 atom stereocenters. The number of nitrogens with zero attached hydrogens (tertiary/aromatic N) is 3. The van der Waals surface area contributed by atoms with Gasteiger partial charge in [-0.25, -0.2) is 19.4 Å². The van der Waals surface area contributed by atoms with E-state index in [4.69, 9.17) is 4.74 Å². The minimum Gasteiger partial charge on any atom is -0.438 e. The van der Waals surface area contributed by atoms with Gasteiger partial charge in [0.25, 0.3) is 0 Å². The van der Waals surface area contributed by atoms with Crippen LogP contribution in [0.4, 0.5) is 34.6 Å². The highest BCUT2D eigenvalue weighted by atomic mass is 19.4. The molecule has 0 saturated heterocycles. The Kier molecular flexibility index (Phi) is 6.09. The first kappa shape index (κ1) is 25.2. The Labute approximate surface area is 215 Å². The minimum absolute atomic E-state index is 0.0234. The molecular weight excluding hydrogens is 502 g/mol. The molecule has 4 aromatic rings. The first-order valence-corrected chi connectivity index (χ1v) is 11.7. The molecule has 5 rings (SSSR count). The first-order valence-electron chi connectivity index (χ1n) is 11.7.